The van der Waals surface area contributed by atoms with Crippen molar-refractivity contribution in [3.8, 4) is 0 Å². The van der Waals surface area contributed by atoms with Gasteiger partial charge in [-0.15, -0.1) is 0 Å². The zero-order valence-corrected chi connectivity index (χ0v) is 14.5. The molecule has 0 bridgehead atoms. The number of ketones is 1. The maximum Gasteiger partial charge on any atom is 0.307 e. The monoisotopic (exact) mass is 326 g/mol. The molecule has 126 valence electrons. The third-order valence-electron chi connectivity index (χ3n) is 3.93. The van der Waals surface area contributed by atoms with Gasteiger partial charge in [-0.2, -0.15) is 5.10 Å². The Kier molecular flexibility index (Phi) is 5.68. The molecule has 24 heavy (non-hydrogen) atoms. The summed E-state index contributed by atoms with van der Waals surface area (Å²) in [5, 5.41) is 4.43. The van der Waals surface area contributed by atoms with Gasteiger partial charge in [0.1, 0.15) is 0 Å². The summed E-state index contributed by atoms with van der Waals surface area (Å²) in [5.74, 6) is -0.315. The van der Waals surface area contributed by atoms with Crippen LogP contribution in [0.5, 0.6) is 0 Å². The van der Waals surface area contributed by atoms with E-state index in [-0.39, 0.29) is 18.2 Å². The summed E-state index contributed by atoms with van der Waals surface area (Å²) in [6.45, 7) is 6.25. The van der Waals surface area contributed by atoms with E-state index in [0.717, 1.165) is 22.5 Å². The number of allylic oxidation sites excluding steroid dienone is 1. The number of rotatable bonds is 6. The van der Waals surface area contributed by atoms with Gasteiger partial charge in [0.25, 0.3) is 0 Å². The first-order chi connectivity index (χ1) is 11.4. The molecule has 1 aromatic heterocycles. The Hall–Kier alpha value is -2.69. The van der Waals surface area contributed by atoms with Gasteiger partial charge in [-0.1, -0.05) is 29.8 Å². The van der Waals surface area contributed by atoms with Crippen molar-refractivity contribution in [2.45, 2.75) is 33.7 Å². The van der Waals surface area contributed by atoms with Crippen LogP contribution in [0.2, 0.25) is 0 Å². The van der Waals surface area contributed by atoms with Crippen LogP contribution in [0.1, 0.15) is 39.3 Å². The number of carbonyl (C=O) groups is 2. The molecule has 2 aromatic rings. The molecule has 5 nitrogen and oxygen atoms in total. The van der Waals surface area contributed by atoms with Gasteiger partial charge in [0, 0.05) is 16.8 Å². The molecule has 0 fully saturated rings. The number of hydrogen-bond donors (Lipinski definition) is 0. The fraction of sp³-hybridized carbons (Fsp3) is 0.316. The lowest BCUT2D eigenvalue weighted by molar-refractivity contribution is -0.140. The Balaban J connectivity index is 2.14. The van der Waals surface area contributed by atoms with E-state index in [1.54, 1.807) is 16.8 Å². The number of ether oxygens (including phenoxy) is 1. The van der Waals surface area contributed by atoms with Crippen LogP contribution in [0.25, 0.3) is 6.08 Å². The van der Waals surface area contributed by atoms with Crippen molar-refractivity contribution in [2.24, 2.45) is 0 Å². The van der Waals surface area contributed by atoms with Crippen molar-refractivity contribution < 1.29 is 14.3 Å². The molecule has 0 aliphatic carbocycles. The summed E-state index contributed by atoms with van der Waals surface area (Å²) >= 11 is 0. The van der Waals surface area contributed by atoms with Gasteiger partial charge >= 0.3 is 5.97 Å². The average molecular weight is 326 g/mol. The summed E-state index contributed by atoms with van der Waals surface area (Å²) < 4.78 is 6.41. The molecule has 0 aliphatic heterocycles. The van der Waals surface area contributed by atoms with Crippen molar-refractivity contribution in [1.82, 2.24) is 9.78 Å². The highest BCUT2D eigenvalue weighted by molar-refractivity contribution is 6.06. The minimum Gasteiger partial charge on any atom is -0.469 e. The summed E-state index contributed by atoms with van der Waals surface area (Å²) in [6, 6.07) is 7.48. The Morgan fingerprint density at radius 2 is 1.83 bits per heavy atom. The molecule has 0 saturated heterocycles. The number of nitrogens with zero attached hydrogens (tertiary/aromatic N) is 2. The topological polar surface area (TPSA) is 61.2 Å². The molecule has 0 N–H and O–H groups in total. The highest BCUT2D eigenvalue weighted by Gasteiger charge is 2.11. The molecule has 1 aromatic carbocycles. The fourth-order valence-electron chi connectivity index (χ4n) is 2.44. The van der Waals surface area contributed by atoms with Crippen LogP contribution >= 0.6 is 0 Å². The Morgan fingerprint density at radius 1 is 1.17 bits per heavy atom. The van der Waals surface area contributed by atoms with Crippen LogP contribution in [-0.2, 0) is 16.1 Å². The third kappa shape index (κ3) is 4.19. The van der Waals surface area contributed by atoms with E-state index >= 15 is 0 Å². The van der Waals surface area contributed by atoms with Crippen LogP contribution in [0.15, 0.2) is 30.3 Å². The Morgan fingerprint density at radius 3 is 2.46 bits per heavy atom. The molecule has 5 heteroatoms. The molecular weight excluding hydrogens is 304 g/mol. The predicted molar refractivity (Wildman–Crippen MR) is 92.9 cm³/mol. The number of aromatic nitrogens is 2. The van der Waals surface area contributed by atoms with Crippen molar-refractivity contribution in [3.63, 3.8) is 0 Å². The van der Waals surface area contributed by atoms with Gasteiger partial charge < -0.3 is 4.74 Å². The SMILES string of the molecule is COC(=O)CCn1nc(C)c(C=CC(=O)c2ccc(C)cc2)c1C. The first-order valence-corrected chi connectivity index (χ1v) is 7.82. The van der Waals surface area contributed by atoms with E-state index in [1.807, 2.05) is 45.0 Å². The molecule has 0 aliphatic rings. The van der Waals surface area contributed by atoms with E-state index in [2.05, 4.69) is 9.84 Å². The smallest absolute Gasteiger partial charge is 0.307 e. The van der Waals surface area contributed by atoms with Crippen LogP contribution in [-0.4, -0.2) is 28.6 Å². The minimum atomic E-state index is -0.269. The first-order valence-electron chi connectivity index (χ1n) is 7.82. The second kappa shape index (κ2) is 7.73. The number of hydrogen-bond acceptors (Lipinski definition) is 4. The summed E-state index contributed by atoms with van der Waals surface area (Å²) in [4.78, 5) is 23.5. The molecule has 0 saturated carbocycles. The van der Waals surface area contributed by atoms with E-state index in [0.29, 0.717) is 12.1 Å². The molecule has 0 amide bonds. The van der Waals surface area contributed by atoms with E-state index in [1.165, 1.54) is 7.11 Å². The number of benzene rings is 1. The standard InChI is InChI=1S/C19H22N2O3/c1-13-5-7-16(8-6-13)18(22)10-9-17-14(2)20-21(15(17)3)12-11-19(23)24-4/h5-10H,11-12H2,1-4H3. The van der Waals surface area contributed by atoms with Crippen LogP contribution in [0.3, 0.4) is 0 Å². The molecule has 0 atom stereocenters. The number of esters is 1. The number of carbonyl (C=O) groups excluding carboxylic acids is 2. The lowest BCUT2D eigenvalue weighted by Gasteiger charge is -2.03. The van der Waals surface area contributed by atoms with E-state index < -0.39 is 0 Å². The normalized spacial score (nSPS) is 11.0. The summed E-state index contributed by atoms with van der Waals surface area (Å²) in [7, 11) is 1.37. The molecule has 0 radical (unpaired) electrons. The van der Waals surface area contributed by atoms with Crippen LogP contribution in [0, 0.1) is 20.8 Å². The quantitative estimate of drug-likeness (QED) is 0.464. The van der Waals surface area contributed by atoms with Crippen molar-refractivity contribution in [1.29, 1.82) is 0 Å². The Bertz CT molecular complexity index is 771. The van der Waals surface area contributed by atoms with E-state index in [4.69, 9.17) is 0 Å². The van der Waals surface area contributed by atoms with Gasteiger partial charge in [0.05, 0.1) is 25.8 Å². The third-order valence-corrected chi connectivity index (χ3v) is 3.93. The van der Waals surface area contributed by atoms with Crippen LogP contribution < -0.4 is 0 Å². The van der Waals surface area contributed by atoms with Gasteiger partial charge in [-0.05, 0) is 32.9 Å². The van der Waals surface area contributed by atoms with Crippen molar-refractivity contribution in [2.75, 3.05) is 7.11 Å². The van der Waals surface area contributed by atoms with Crippen LogP contribution in [0.4, 0.5) is 0 Å². The zero-order chi connectivity index (χ0) is 17.7. The highest BCUT2D eigenvalue weighted by atomic mass is 16.5. The van der Waals surface area contributed by atoms with Gasteiger partial charge in [0.15, 0.2) is 5.78 Å². The summed E-state index contributed by atoms with van der Waals surface area (Å²) in [6.07, 6.45) is 3.62. The molecule has 1 heterocycles. The van der Waals surface area contributed by atoms with E-state index in [9.17, 15) is 9.59 Å². The van der Waals surface area contributed by atoms with Gasteiger partial charge in [-0.25, -0.2) is 0 Å². The average Bonchev–Trinajstić information content (AvgIpc) is 2.84. The lowest BCUT2D eigenvalue weighted by atomic mass is 10.1. The second-order valence-electron chi connectivity index (χ2n) is 5.70. The minimum absolute atomic E-state index is 0.0453. The van der Waals surface area contributed by atoms with Gasteiger partial charge in [-0.3, -0.25) is 14.3 Å². The van der Waals surface area contributed by atoms with Gasteiger partial charge in [0.2, 0.25) is 0 Å². The number of methoxy groups -OCH3 is 1. The largest absolute Gasteiger partial charge is 0.469 e. The lowest BCUT2D eigenvalue weighted by Crippen LogP contribution is -2.09. The molecule has 0 spiro atoms. The fourth-order valence-corrected chi connectivity index (χ4v) is 2.44. The zero-order valence-electron chi connectivity index (χ0n) is 14.5. The van der Waals surface area contributed by atoms with Crippen molar-refractivity contribution in [3.05, 3.63) is 58.4 Å². The highest BCUT2D eigenvalue weighted by Crippen LogP contribution is 2.16. The first kappa shape index (κ1) is 17.7. The molecular formula is C19H22N2O3. The second-order valence-corrected chi connectivity index (χ2v) is 5.70. The maximum absolute atomic E-state index is 12.2. The van der Waals surface area contributed by atoms with Crippen molar-refractivity contribution >= 4 is 17.8 Å². The summed E-state index contributed by atoms with van der Waals surface area (Å²) in [5.41, 5.74) is 4.43. The molecule has 0 unspecified atom stereocenters. The number of aryl methyl sites for hydroxylation is 3. The Labute approximate surface area is 141 Å². The predicted octanol–water partition coefficient (Wildman–Crippen LogP) is 3.27. The molecule has 2 rings (SSSR count). The maximum atomic E-state index is 12.2.